The second kappa shape index (κ2) is 5.60. The zero-order chi connectivity index (χ0) is 13.1. The van der Waals surface area contributed by atoms with Crippen molar-refractivity contribution in [2.24, 2.45) is 0 Å². The first kappa shape index (κ1) is 14.1. The zero-order valence-corrected chi connectivity index (χ0v) is 11.3. The van der Waals surface area contributed by atoms with Gasteiger partial charge in [0.15, 0.2) is 0 Å². The third-order valence-electron chi connectivity index (χ3n) is 2.50. The lowest BCUT2D eigenvalue weighted by atomic mass is 10.1. The number of aliphatic carboxylic acids is 1. The first-order valence-electron chi connectivity index (χ1n) is 5.25. The first-order chi connectivity index (χ1) is 7.83. The van der Waals surface area contributed by atoms with Crippen LogP contribution in [0.15, 0.2) is 22.7 Å². The Bertz CT molecular complexity index is 421. The number of hydrogen-bond donors (Lipinski definition) is 2. The Hall–Kier alpha value is -0.940. The van der Waals surface area contributed by atoms with E-state index < -0.39 is 11.5 Å². The van der Waals surface area contributed by atoms with Crippen molar-refractivity contribution in [1.82, 2.24) is 5.32 Å². The molecule has 1 aromatic carbocycles. The van der Waals surface area contributed by atoms with E-state index in [0.717, 1.165) is 4.47 Å². The highest BCUT2D eigenvalue weighted by Gasteiger charge is 2.25. The van der Waals surface area contributed by atoms with E-state index in [2.05, 4.69) is 21.2 Å². The quantitative estimate of drug-likeness (QED) is 0.879. The van der Waals surface area contributed by atoms with Gasteiger partial charge in [0, 0.05) is 11.0 Å². The smallest absolute Gasteiger partial charge is 0.323 e. The molecule has 0 spiro atoms. The van der Waals surface area contributed by atoms with Crippen LogP contribution in [0.5, 0.6) is 0 Å². The Labute approximate surface area is 108 Å². The van der Waals surface area contributed by atoms with Crippen LogP contribution in [-0.4, -0.2) is 23.2 Å². The maximum atomic E-state index is 13.4. The molecule has 0 saturated carbocycles. The molecule has 0 aromatic heterocycles. The fourth-order valence-electron chi connectivity index (χ4n) is 1.32. The third-order valence-corrected chi connectivity index (χ3v) is 3.00. The van der Waals surface area contributed by atoms with Crippen LogP contribution >= 0.6 is 15.9 Å². The van der Waals surface area contributed by atoms with E-state index in [1.54, 1.807) is 26.0 Å². The van der Waals surface area contributed by atoms with Crippen LogP contribution in [0.4, 0.5) is 4.39 Å². The van der Waals surface area contributed by atoms with Gasteiger partial charge in [-0.3, -0.25) is 4.79 Å². The fourth-order valence-corrected chi connectivity index (χ4v) is 1.73. The lowest BCUT2D eigenvalue weighted by molar-refractivity contribution is -0.143. The summed E-state index contributed by atoms with van der Waals surface area (Å²) in [6.45, 7) is 3.56. The highest BCUT2D eigenvalue weighted by Crippen LogP contribution is 2.16. The van der Waals surface area contributed by atoms with Gasteiger partial charge in [-0.15, -0.1) is 0 Å². The Morgan fingerprint density at radius 2 is 2.18 bits per heavy atom. The summed E-state index contributed by atoms with van der Waals surface area (Å²) < 4.78 is 14.2. The summed E-state index contributed by atoms with van der Waals surface area (Å²) in [6, 6.07) is 4.72. The molecule has 17 heavy (non-hydrogen) atoms. The molecule has 5 heteroatoms. The van der Waals surface area contributed by atoms with Gasteiger partial charge in [0.25, 0.3) is 0 Å². The number of carbonyl (C=O) groups is 1. The highest BCUT2D eigenvalue weighted by atomic mass is 79.9. The van der Waals surface area contributed by atoms with Crippen LogP contribution in [0.25, 0.3) is 0 Å². The number of hydrogen-bond acceptors (Lipinski definition) is 2. The van der Waals surface area contributed by atoms with Crippen molar-refractivity contribution in [3.05, 3.63) is 34.1 Å². The molecule has 0 amide bonds. The molecule has 94 valence electrons. The van der Waals surface area contributed by atoms with Crippen LogP contribution < -0.4 is 5.32 Å². The molecule has 0 aliphatic heterocycles. The standard InChI is InChI=1S/C12H15BrFNO2/c1-12(2,11(16)17)15-6-5-8-7-9(13)3-4-10(8)14/h3-4,7,15H,5-6H2,1-2H3,(H,16,17). The van der Waals surface area contributed by atoms with Crippen LogP contribution in [0.3, 0.4) is 0 Å². The van der Waals surface area contributed by atoms with Gasteiger partial charge in [0.2, 0.25) is 0 Å². The van der Waals surface area contributed by atoms with E-state index in [1.165, 1.54) is 6.07 Å². The normalized spacial score (nSPS) is 11.5. The Morgan fingerprint density at radius 1 is 1.53 bits per heavy atom. The molecule has 0 radical (unpaired) electrons. The van der Waals surface area contributed by atoms with Crippen molar-refractivity contribution >= 4 is 21.9 Å². The summed E-state index contributed by atoms with van der Waals surface area (Å²) in [5.74, 6) is -1.20. The topological polar surface area (TPSA) is 49.3 Å². The average molecular weight is 304 g/mol. The van der Waals surface area contributed by atoms with Crippen LogP contribution in [0.2, 0.25) is 0 Å². The monoisotopic (exact) mass is 303 g/mol. The third kappa shape index (κ3) is 4.09. The summed E-state index contributed by atoms with van der Waals surface area (Å²) in [7, 11) is 0. The van der Waals surface area contributed by atoms with E-state index in [9.17, 15) is 9.18 Å². The van der Waals surface area contributed by atoms with Gasteiger partial charge in [-0.1, -0.05) is 15.9 Å². The molecule has 1 aromatic rings. The number of carboxylic acid groups (broad SMARTS) is 1. The molecule has 0 unspecified atom stereocenters. The molecular formula is C12H15BrFNO2. The lowest BCUT2D eigenvalue weighted by Crippen LogP contribution is -2.47. The SMILES string of the molecule is CC(C)(NCCc1cc(Br)ccc1F)C(=O)O. The van der Waals surface area contributed by atoms with Gasteiger partial charge in [0.05, 0.1) is 0 Å². The second-order valence-electron chi connectivity index (χ2n) is 4.34. The van der Waals surface area contributed by atoms with Crippen molar-refractivity contribution in [2.75, 3.05) is 6.54 Å². The Morgan fingerprint density at radius 3 is 2.76 bits per heavy atom. The molecule has 0 saturated heterocycles. The van der Waals surface area contributed by atoms with Crippen LogP contribution in [-0.2, 0) is 11.2 Å². The summed E-state index contributed by atoms with van der Waals surface area (Å²) in [5.41, 5.74) is -0.435. The molecule has 0 fully saturated rings. The molecule has 1 rings (SSSR count). The van der Waals surface area contributed by atoms with Crippen molar-refractivity contribution in [2.45, 2.75) is 25.8 Å². The minimum Gasteiger partial charge on any atom is -0.480 e. The minimum absolute atomic E-state index is 0.275. The molecule has 3 nitrogen and oxygen atoms in total. The van der Waals surface area contributed by atoms with Gasteiger partial charge in [0.1, 0.15) is 11.4 Å². The fraction of sp³-hybridized carbons (Fsp3) is 0.417. The van der Waals surface area contributed by atoms with E-state index in [-0.39, 0.29) is 5.82 Å². The summed E-state index contributed by atoms with van der Waals surface area (Å²) in [4.78, 5) is 10.8. The average Bonchev–Trinajstić information content (AvgIpc) is 2.22. The minimum atomic E-state index is -0.998. The molecule has 0 aliphatic rings. The largest absolute Gasteiger partial charge is 0.480 e. The van der Waals surface area contributed by atoms with E-state index in [4.69, 9.17) is 5.11 Å². The maximum absolute atomic E-state index is 13.4. The van der Waals surface area contributed by atoms with E-state index in [0.29, 0.717) is 18.5 Å². The predicted octanol–water partition coefficient (Wildman–Crippen LogP) is 2.58. The van der Waals surface area contributed by atoms with Crippen LogP contribution in [0.1, 0.15) is 19.4 Å². The number of benzene rings is 1. The molecule has 0 heterocycles. The van der Waals surface area contributed by atoms with Crippen molar-refractivity contribution in [3.8, 4) is 0 Å². The molecule has 0 atom stereocenters. The van der Waals surface area contributed by atoms with Crippen molar-refractivity contribution in [3.63, 3.8) is 0 Å². The molecule has 0 aliphatic carbocycles. The predicted molar refractivity (Wildman–Crippen MR) is 67.5 cm³/mol. The van der Waals surface area contributed by atoms with E-state index >= 15 is 0 Å². The summed E-state index contributed by atoms with van der Waals surface area (Å²) in [6.07, 6.45) is 0.446. The number of carboxylic acids is 1. The van der Waals surface area contributed by atoms with Gasteiger partial charge in [-0.25, -0.2) is 4.39 Å². The summed E-state index contributed by atoms with van der Waals surface area (Å²) >= 11 is 3.27. The first-order valence-corrected chi connectivity index (χ1v) is 6.04. The second-order valence-corrected chi connectivity index (χ2v) is 5.26. The highest BCUT2D eigenvalue weighted by molar-refractivity contribution is 9.10. The van der Waals surface area contributed by atoms with Crippen molar-refractivity contribution in [1.29, 1.82) is 0 Å². The lowest BCUT2D eigenvalue weighted by Gasteiger charge is -2.21. The summed E-state index contributed by atoms with van der Waals surface area (Å²) in [5, 5.41) is 11.8. The van der Waals surface area contributed by atoms with E-state index in [1.807, 2.05) is 0 Å². The van der Waals surface area contributed by atoms with Gasteiger partial charge in [-0.05, 0) is 44.0 Å². The van der Waals surface area contributed by atoms with Crippen LogP contribution in [0, 0.1) is 5.82 Å². The van der Waals surface area contributed by atoms with Gasteiger partial charge < -0.3 is 10.4 Å². The van der Waals surface area contributed by atoms with Gasteiger partial charge in [-0.2, -0.15) is 0 Å². The molecular weight excluding hydrogens is 289 g/mol. The number of rotatable bonds is 5. The number of halogens is 2. The maximum Gasteiger partial charge on any atom is 0.323 e. The Balaban J connectivity index is 2.57. The van der Waals surface area contributed by atoms with Crippen molar-refractivity contribution < 1.29 is 14.3 Å². The van der Waals surface area contributed by atoms with Gasteiger partial charge >= 0.3 is 5.97 Å². The molecule has 2 N–H and O–H groups in total. The Kier molecular flexibility index (Phi) is 4.65. The zero-order valence-electron chi connectivity index (χ0n) is 9.76. The number of nitrogens with one attached hydrogen (secondary N) is 1. The molecule has 0 bridgehead atoms.